The van der Waals surface area contributed by atoms with Crippen LogP contribution in [0.1, 0.15) is 11.4 Å². The van der Waals surface area contributed by atoms with E-state index in [0.29, 0.717) is 22.8 Å². The van der Waals surface area contributed by atoms with E-state index in [4.69, 9.17) is 16.8 Å². The normalized spacial score (nSPS) is 11.5. The molecule has 2 rings (SSSR count). The van der Waals surface area contributed by atoms with Gasteiger partial charge in [-0.15, -0.1) is 0 Å². The van der Waals surface area contributed by atoms with Gasteiger partial charge >= 0.3 is 0 Å². The number of hydrogen-bond acceptors (Lipinski definition) is 4. The van der Waals surface area contributed by atoms with E-state index in [1.54, 1.807) is 24.5 Å². The molecular weight excluding hydrogens is 238 g/mol. The molecular formula is C12H10ClN3O. The highest BCUT2D eigenvalue weighted by atomic mass is 35.5. The van der Waals surface area contributed by atoms with Crippen molar-refractivity contribution in [2.75, 3.05) is 0 Å². The van der Waals surface area contributed by atoms with Crippen LogP contribution in [0.2, 0.25) is 5.02 Å². The number of rotatable bonds is 3. The van der Waals surface area contributed by atoms with Crippen LogP contribution in [0.3, 0.4) is 0 Å². The largest absolute Gasteiger partial charge is 0.411 e. The molecule has 0 saturated carbocycles. The molecule has 0 fully saturated rings. The Hall–Kier alpha value is -1.94. The fraction of sp³-hybridized carbons (Fsp3) is 0.0833. The summed E-state index contributed by atoms with van der Waals surface area (Å²) in [5, 5.41) is 12.8. The Labute approximate surface area is 104 Å². The molecule has 0 unspecified atom stereocenters. The summed E-state index contributed by atoms with van der Waals surface area (Å²) in [6.45, 7) is 0. The fourth-order valence-corrected chi connectivity index (χ4v) is 1.57. The van der Waals surface area contributed by atoms with E-state index in [-0.39, 0.29) is 0 Å². The average Bonchev–Trinajstić information content (AvgIpc) is 2.37. The molecule has 0 bridgehead atoms. The molecule has 0 radical (unpaired) electrons. The van der Waals surface area contributed by atoms with Gasteiger partial charge in [-0.3, -0.25) is 9.97 Å². The summed E-state index contributed by atoms with van der Waals surface area (Å²) in [5.41, 5.74) is 1.79. The van der Waals surface area contributed by atoms with E-state index >= 15 is 0 Å². The first-order valence-corrected chi connectivity index (χ1v) is 5.40. The molecule has 0 spiro atoms. The minimum Gasteiger partial charge on any atom is -0.411 e. The predicted molar refractivity (Wildman–Crippen MR) is 65.5 cm³/mol. The third kappa shape index (κ3) is 3.01. The van der Waals surface area contributed by atoms with Crippen molar-refractivity contribution in [2.24, 2.45) is 5.16 Å². The zero-order valence-electron chi connectivity index (χ0n) is 8.92. The second-order valence-corrected chi connectivity index (χ2v) is 3.84. The van der Waals surface area contributed by atoms with Gasteiger partial charge in [0.1, 0.15) is 5.71 Å². The number of aromatic nitrogens is 2. The molecule has 2 aromatic heterocycles. The first-order valence-electron chi connectivity index (χ1n) is 5.02. The molecule has 0 aromatic carbocycles. The molecule has 0 aliphatic carbocycles. The third-order valence-corrected chi connectivity index (χ3v) is 2.45. The summed E-state index contributed by atoms with van der Waals surface area (Å²) in [5.74, 6) is 0. The zero-order valence-corrected chi connectivity index (χ0v) is 9.67. The molecule has 0 aliphatic rings. The standard InChI is InChI=1S/C12H10ClN3O/c13-9-4-6-15-11(7-9)12(16-17)8-10-3-1-2-5-14-10/h1-7,17H,8H2/b16-12+. The SMILES string of the molecule is O/N=C(\Cc1ccccn1)c1cc(Cl)ccn1. The second-order valence-electron chi connectivity index (χ2n) is 3.40. The van der Waals surface area contributed by atoms with Gasteiger partial charge in [-0.2, -0.15) is 0 Å². The lowest BCUT2D eigenvalue weighted by Crippen LogP contribution is -2.08. The third-order valence-electron chi connectivity index (χ3n) is 2.21. The van der Waals surface area contributed by atoms with Gasteiger partial charge in [0.05, 0.1) is 5.69 Å². The van der Waals surface area contributed by atoms with Gasteiger partial charge in [-0.1, -0.05) is 22.8 Å². The Balaban J connectivity index is 2.24. The number of hydrogen-bond donors (Lipinski definition) is 1. The van der Waals surface area contributed by atoms with Crippen molar-refractivity contribution in [2.45, 2.75) is 6.42 Å². The van der Waals surface area contributed by atoms with Gasteiger partial charge in [0.15, 0.2) is 0 Å². The highest BCUT2D eigenvalue weighted by molar-refractivity contribution is 6.30. The summed E-state index contributed by atoms with van der Waals surface area (Å²) in [6.07, 6.45) is 3.67. The molecule has 0 saturated heterocycles. The van der Waals surface area contributed by atoms with Crippen molar-refractivity contribution < 1.29 is 5.21 Å². The Kier molecular flexibility index (Phi) is 3.67. The van der Waals surface area contributed by atoms with E-state index in [1.165, 1.54) is 0 Å². The quantitative estimate of drug-likeness (QED) is 0.515. The topological polar surface area (TPSA) is 58.4 Å². The van der Waals surface area contributed by atoms with Gasteiger partial charge in [0, 0.05) is 29.5 Å². The van der Waals surface area contributed by atoms with E-state index < -0.39 is 0 Å². The molecule has 4 nitrogen and oxygen atoms in total. The Morgan fingerprint density at radius 2 is 2.12 bits per heavy atom. The van der Waals surface area contributed by atoms with E-state index in [1.807, 2.05) is 18.2 Å². The zero-order chi connectivity index (χ0) is 12.1. The average molecular weight is 248 g/mol. The van der Waals surface area contributed by atoms with E-state index in [9.17, 15) is 0 Å². The van der Waals surface area contributed by atoms with Crippen LogP contribution in [0.4, 0.5) is 0 Å². The number of halogens is 1. The number of pyridine rings is 2. The highest BCUT2D eigenvalue weighted by Crippen LogP contribution is 2.11. The molecule has 86 valence electrons. The maximum atomic E-state index is 9.01. The summed E-state index contributed by atoms with van der Waals surface area (Å²) >= 11 is 5.86. The van der Waals surface area contributed by atoms with Gasteiger partial charge in [0.2, 0.25) is 0 Å². The first kappa shape index (κ1) is 11.5. The molecule has 0 atom stereocenters. The van der Waals surface area contributed by atoms with Gasteiger partial charge in [-0.05, 0) is 24.3 Å². The minimum absolute atomic E-state index is 0.407. The summed E-state index contributed by atoms with van der Waals surface area (Å²) in [7, 11) is 0. The maximum Gasteiger partial charge on any atom is 0.111 e. The summed E-state index contributed by atoms with van der Waals surface area (Å²) in [4.78, 5) is 8.27. The highest BCUT2D eigenvalue weighted by Gasteiger charge is 2.08. The first-order chi connectivity index (χ1) is 8.29. The van der Waals surface area contributed by atoms with Crippen LogP contribution in [0, 0.1) is 0 Å². The molecule has 1 N–H and O–H groups in total. The van der Waals surface area contributed by atoms with E-state index in [0.717, 1.165) is 5.69 Å². The molecule has 17 heavy (non-hydrogen) atoms. The number of oxime groups is 1. The van der Waals surface area contributed by atoms with Crippen molar-refractivity contribution in [3.63, 3.8) is 0 Å². The van der Waals surface area contributed by atoms with Crippen molar-refractivity contribution in [1.82, 2.24) is 9.97 Å². The van der Waals surface area contributed by atoms with Crippen LogP contribution >= 0.6 is 11.6 Å². The van der Waals surface area contributed by atoms with Crippen molar-refractivity contribution >= 4 is 17.3 Å². The van der Waals surface area contributed by atoms with Gasteiger partial charge < -0.3 is 5.21 Å². The van der Waals surface area contributed by atoms with Crippen LogP contribution in [-0.4, -0.2) is 20.9 Å². The van der Waals surface area contributed by atoms with Crippen LogP contribution in [0.5, 0.6) is 0 Å². The van der Waals surface area contributed by atoms with Crippen molar-refractivity contribution in [3.05, 3.63) is 59.1 Å². The lowest BCUT2D eigenvalue weighted by molar-refractivity contribution is 0.318. The molecule has 0 amide bonds. The summed E-state index contributed by atoms with van der Waals surface area (Å²) in [6, 6.07) is 8.88. The van der Waals surface area contributed by atoms with Crippen LogP contribution in [0.15, 0.2) is 47.9 Å². The predicted octanol–water partition coefficient (Wildman–Crippen LogP) is 2.55. The van der Waals surface area contributed by atoms with Gasteiger partial charge in [0.25, 0.3) is 0 Å². The maximum absolute atomic E-state index is 9.01. The smallest absolute Gasteiger partial charge is 0.111 e. The van der Waals surface area contributed by atoms with Crippen LogP contribution in [-0.2, 0) is 6.42 Å². The summed E-state index contributed by atoms with van der Waals surface area (Å²) < 4.78 is 0. The van der Waals surface area contributed by atoms with Crippen molar-refractivity contribution in [3.8, 4) is 0 Å². The van der Waals surface area contributed by atoms with Crippen molar-refractivity contribution in [1.29, 1.82) is 0 Å². The molecule has 5 heteroatoms. The lowest BCUT2D eigenvalue weighted by Gasteiger charge is -2.03. The minimum atomic E-state index is 0.407. The van der Waals surface area contributed by atoms with Crippen LogP contribution < -0.4 is 0 Å². The second kappa shape index (κ2) is 5.41. The van der Waals surface area contributed by atoms with Crippen LogP contribution in [0.25, 0.3) is 0 Å². The van der Waals surface area contributed by atoms with E-state index in [2.05, 4.69) is 15.1 Å². The number of nitrogens with zero attached hydrogens (tertiary/aromatic N) is 3. The molecule has 0 aliphatic heterocycles. The Bertz CT molecular complexity index is 528. The lowest BCUT2D eigenvalue weighted by atomic mass is 10.1. The Morgan fingerprint density at radius 1 is 1.24 bits per heavy atom. The van der Waals surface area contributed by atoms with Gasteiger partial charge in [-0.25, -0.2) is 0 Å². The molecule has 2 heterocycles. The Morgan fingerprint density at radius 3 is 2.76 bits per heavy atom. The fourth-order valence-electron chi connectivity index (χ4n) is 1.41. The monoisotopic (exact) mass is 247 g/mol. The molecule has 2 aromatic rings.